The number of allylic oxidation sites excluding steroid dienone is 7. The SMILES string of the molecule is CCCCCCCCCCCCCCCCCCCC(=O)O[C@H](COC(=O)CCC/C=C\C/C=C\C/C=C\C=C\[C@H](O)CCCCC)COP(=O)(O)OC1[C@H](O)[C@H](O)C(O)[C@H](O)[C@H]1O. The van der Waals surface area contributed by atoms with Crippen molar-refractivity contribution in [3.8, 4) is 0 Å². The van der Waals surface area contributed by atoms with Crippen LogP contribution in [0, 0.1) is 0 Å². The number of unbranched alkanes of at least 4 members (excludes halogenated alkanes) is 19. The standard InChI is InChI=1S/C49H87O14P/c1-3-5-7-8-9-10-11-12-13-14-15-16-19-23-26-29-33-37-43(52)62-41(39-61-64(58,59)63-49-47(56)45(54)44(53)46(55)48(49)57)38-60-42(51)36-32-28-25-22-20-17-18-21-24-27-31-35-40(50)34-30-6-4-2/h17-18,22,24-25,27,31,35,40-41,44-50,53-57H,3-16,19-21,23,26,28-30,32-34,36-39H2,1-2H3,(H,58,59)/b18-17-,25-22-,27-24-,35-31+/t40-,41-,44?,45-,46+,47-,48-,49?/m1/s1. The minimum Gasteiger partial charge on any atom is -0.462 e. The molecule has 0 heterocycles. The zero-order valence-electron chi connectivity index (χ0n) is 39.2. The van der Waals surface area contributed by atoms with Gasteiger partial charge in [-0.15, -0.1) is 0 Å². The molecule has 9 atom stereocenters. The van der Waals surface area contributed by atoms with Crippen molar-refractivity contribution in [1.29, 1.82) is 0 Å². The Kier molecular flexibility index (Phi) is 36.3. The molecule has 0 aromatic heterocycles. The lowest BCUT2D eigenvalue weighted by atomic mass is 9.85. The van der Waals surface area contributed by atoms with Crippen LogP contribution in [-0.4, -0.2) is 110 Å². The first-order chi connectivity index (χ1) is 30.8. The number of carbonyl (C=O) groups excluding carboxylic acids is 2. The maximum Gasteiger partial charge on any atom is 0.472 e. The molecule has 1 saturated carbocycles. The number of rotatable bonds is 40. The predicted octanol–water partition coefficient (Wildman–Crippen LogP) is 8.92. The Labute approximate surface area is 384 Å². The normalized spacial score (nSPS) is 22.5. The number of hydrogen-bond acceptors (Lipinski definition) is 13. The van der Waals surface area contributed by atoms with E-state index < -0.39 is 81.8 Å². The molecule has 1 aliphatic carbocycles. The van der Waals surface area contributed by atoms with Gasteiger partial charge in [0.05, 0.1) is 12.7 Å². The number of carbonyl (C=O) groups is 2. The highest BCUT2D eigenvalue weighted by Crippen LogP contribution is 2.47. The highest BCUT2D eigenvalue weighted by molar-refractivity contribution is 7.47. The molecule has 0 amide bonds. The van der Waals surface area contributed by atoms with Gasteiger partial charge in [-0.2, -0.15) is 0 Å². The molecule has 14 nitrogen and oxygen atoms in total. The molecule has 0 aromatic rings. The molecule has 64 heavy (non-hydrogen) atoms. The molecule has 0 spiro atoms. The van der Waals surface area contributed by atoms with E-state index in [-0.39, 0.29) is 12.8 Å². The van der Waals surface area contributed by atoms with Crippen molar-refractivity contribution in [1.82, 2.24) is 0 Å². The summed E-state index contributed by atoms with van der Waals surface area (Å²) >= 11 is 0. The van der Waals surface area contributed by atoms with Crippen LogP contribution >= 0.6 is 7.82 Å². The summed E-state index contributed by atoms with van der Waals surface area (Å²) < 4.78 is 33.5. The fraction of sp³-hybridized carbons (Fsp3) is 0.796. The van der Waals surface area contributed by atoms with Crippen LogP contribution in [0.15, 0.2) is 48.6 Å². The van der Waals surface area contributed by atoms with Crippen LogP contribution in [0.3, 0.4) is 0 Å². The fourth-order valence-electron chi connectivity index (χ4n) is 7.27. The van der Waals surface area contributed by atoms with Gasteiger partial charge in [0.2, 0.25) is 0 Å². The summed E-state index contributed by atoms with van der Waals surface area (Å²) in [6.45, 7) is 3.14. The first-order valence-corrected chi connectivity index (χ1v) is 26.0. The van der Waals surface area contributed by atoms with Gasteiger partial charge in [0.15, 0.2) is 6.10 Å². The molecule has 3 unspecified atom stereocenters. The summed E-state index contributed by atoms with van der Waals surface area (Å²) in [6, 6.07) is 0. The van der Waals surface area contributed by atoms with E-state index in [0.717, 1.165) is 64.2 Å². The smallest absolute Gasteiger partial charge is 0.462 e. The molecule has 7 N–H and O–H groups in total. The van der Waals surface area contributed by atoms with Gasteiger partial charge in [0.1, 0.15) is 43.2 Å². The van der Waals surface area contributed by atoms with Crippen LogP contribution in [0.2, 0.25) is 0 Å². The summed E-state index contributed by atoms with van der Waals surface area (Å²) in [6.07, 6.45) is 29.1. The van der Waals surface area contributed by atoms with Crippen molar-refractivity contribution in [2.75, 3.05) is 13.2 Å². The van der Waals surface area contributed by atoms with Gasteiger partial charge in [0.25, 0.3) is 0 Å². The zero-order chi connectivity index (χ0) is 47.3. The van der Waals surface area contributed by atoms with E-state index in [1.165, 1.54) is 77.0 Å². The average molecular weight is 931 g/mol. The number of phosphoric ester groups is 1. The summed E-state index contributed by atoms with van der Waals surface area (Å²) in [5, 5.41) is 60.1. The van der Waals surface area contributed by atoms with Crippen molar-refractivity contribution in [3.63, 3.8) is 0 Å². The summed E-state index contributed by atoms with van der Waals surface area (Å²) in [5.74, 6) is -1.19. The Morgan fingerprint density at radius 3 is 1.59 bits per heavy atom. The molecule has 1 aliphatic rings. The molecule has 372 valence electrons. The van der Waals surface area contributed by atoms with Crippen LogP contribution in [-0.2, 0) is 32.7 Å². The van der Waals surface area contributed by atoms with Crippen LogP contribution < -0.4 is 0 Å². The third-order valence-electron chi connectivity index (χ3n) is 11.3. The monoisotopic (exact) mass is 931 g/mol. The topological polar surface area (TPSA) is 230 Å². The van der Waals surface area contributed by atoms with Crippen LogP contribution in [0.4, 0.5) is 0 Å². The van der Waals surface area contributed by atoms with Gasteiger partial charge in [-0.25, -0.2) is 4.57 Å². The van der Waals surface area contributed by atoms with Gasteiger partial charge in [0, 0.05) is 12.8 Å². The maximum atomic E-state index is 12.8. The van der Waals surface area contributed by atoms with Crippen molar-refractivity contribution < 1.29 is 68.2 Å². The van der Waals surface area contributed by atoms with E-state index in [1.54, 1.807) is 6.08 Å². The van der Waals surface area contributed by atoms with Gasteiger partial charge in [-0.1, -0.05) is 184 Å². The molecule has 0 saturated heterocycles. The molecule has 15 heteroatoms. The number of esters is 2. The van der Waals surface area contributed by atoms with Gasteiger partial charge >= 0.3 is 19.8 Å². The zero-order valence-corrected chi connectivity index (χ0v) is 40.1. The van der Waals surface area contributed by atoms with E-state index in [2.05, 4.69) is 13.8 Å². The number of aliphatic hydroxyl groups is 6. The Morgan fingerprint density at radius 2 is 1.03 bits per heavy atom. The Morgan fingerprint density at radius 1 is 0.562 bits per heavy atom. The van der Waals surface area contributed by atoms with Crippen LogP contribution in [0.1, 0.15) is 187 Å². The number of ether oxygens (including phenoxy) is 2. The Hall–Kier alpha value is -2.23. The second-order valence-corrected chi connectivity index (χ2v) is 18.6. The molecular formula is C49H87O14P. The Balaban J connectivity index is 2.48. The van der Waals surface area contributed by atoms with E-state index in [9.17, 15) is 49.7 Å². The molecule has 1 fully saturated rings. The van der Waals surface area contributed by atoms with E-state index >= 15 is 0 Å². The first kappa shape index (κ1) is 59.8. The number of aliphatic hydroxyl groups excluding tert-OH is 6. The average Bonchev–Trinajstić information content (AvgIpc) is 3.27. The van der Waals surface area contributed by atoms with E-state index in [0.29, 0.717) is 19.3 Å². The molecule has 1 rings (SSSR count). The second-order valence-electron chi connectivity index (χ2n) is 17.2. The van der Waals surface area contributed by atoms with E-state index in [1.807, 2.05) is 42.5 Å². The van der Waals surface area contributed by atoms with Crippen molar-refractivity contribution in [2.24, 2.45) is 0 Å². The lowest BCUT2D eigenvalue weighted by Crippen LogP contribution is -2.64. The van der Waals surface area contributed by atoms with Gasteiger partial charge < -0.3 is 45.0 Å². The van der Waals surface area contributed by atoms with Crippen molar-refractivity contribution in [3.05, 3.63) is 48.6 Å². The fourth-order valence-corrected chi connectivity index (χ4v) is 8.25. The largest absolute Gasteiger partial charge is 0.472 e. The molecule has 0 bridgehead atoms. The summed E-state index contributed by atoms with van der Waals surface area (Å²) in [7, 11) is -5.14. The highest BCUT2D eigenvalue weighted by atomic mass is 31.2. The van der Waals surface area contributed by atoms with E-state index in [4.69, 9.17) is 18.5 Å². The quantitative estimate of drug-likeness (QED) is 0.0100. The van der Waals surface area contributed by atoms with Crippen LogP contribution in [0.25, 0.3) is 0 Å². The van der Waals surface area contributed by atoms with Gasteiger partial charge in [-0.05, 0) is 38.5 Å². The minimum atomic E-state index is -5.14. The third-order valence-corrected chi connectivity index (χ3v) is 12.3. The van der Waals surface area contributed by atoms with Crippen molar-refractivity contribution >= 4 is 19.8 Å². The Bertz CT molecular complexity index is 1320. The summed E-state index contributed by atoms with van der Waals surface area (Å²) in [4.78, 5) is 35.7. The van der Waals surface area contributed by atoms with Gasteiger partial charge in [-0.3, -0.25) is 18.6 Å². The van der Waals surface area contributed by atoms with Crippen molar-refractivity contribution in [2.45, 2.75) is 236 Å². The number of phosphoric acid groups is 1. The highest BCUT2D eigenvalue weighted by Gasteiger charge is 2.51. The summed E-state index contributed by atoms with van der Waals surface area (Å²) in [5.41, 5.74) is 0. The predicted molar refractivity (Wildman–Crippen MR) is 250 cm³/mol. The third kappa shape index (κ3) is 30.9. The second kappa shape index (κ2) is 38.8. The molecule has 0 aromatic carbocycles. The first-order valence-electron chi connectivity index (χ1n) is 24.5. The minimum absolute atomic E-state index is 0.0716. The van der Waals surface area contributed by atoms with Crippen LogP contribution in [0.5, 0.6) is 0 Å². The maximum absolute atomic E-state index is 12.8. The lowest BCUT2D eigenvalue weighted by molar-refractivity contribution is -0.220. The lowest BCUT2D eigenvalue weighted by Gasteiger charge is -2.41. The number of hydrogen-bond donors (Lipinski definition) is 7. The molecule has 0 aliphatic heterocycles. The molecule has 0 radical (unpaired) electrons. The molecular weight excluding hydrogens is 843 g/mol.